The molecule has 23 heavy (non-hydrogen) atoms. The second kappa shape index (κ2) is 5.85. The van der Waals surface area contributed by atoms with E-state index in [0.29, 0.717) is 16.5 Å². The first-order valence-corrected chi connectivity index (χ1v) is 7.37. The van der Waals surface area contributed by atoms with Crippen LogP contribution in [0.25, 0.3) is 17.1 Å². The number of carboxylic acid groups (broad SMARTS) is 1. The third-order valence-corrected chi connectivity index (χ3v) is 3.92. The van der Waals surface area contributed by atoms with Gasteiger partial charge in [0.2, 0.25) is 0 Å². The van der Waals surface area contributed by atoms with E-state index in [-0.39, 0.29) is 5.82 Å². The molecule has 0 unspecified atom stereocenters. The molecular weight excluding hydrogens is 314 g/mol. The molecule has 0 fully saturated rings. The van der Waals surface area contributed by atoms with Crippen LogP contribution in [0, 0.1) is 13.8 Å². The zero-order chi connectivity index (χ0) is 16.6. The van der Waals surface area contributed by atoms with Gasteiger partial charge in [-0.3, -0.25) is 0 Å². The maximum Gasteiger partial charge on any atom is 0.375 e. The van der Waals surface area contributed by atoms with E-state index in [4.69, 9.17) is 11.6 Å². The van der Waals surface area contributed by atoms with E-state index in [9.17, 15) is 9.90 Å². The normalized spacial score (nSPS) is 10.7. The summed E-state index contributed by atoms with van der Waals surface area (Å²) in [6, 6.07) is 13.1. The number of aromatic nitrogens is 3. The monoisotopic (exact) mass is 327 g/mol. The summed E-state index contributed by atoms with van der Waals surface area (Å²) in [4.78, 5) is 15.4. The van der Waals surface area contributed by atoms with Crippen molar-refractivity contribution in [2.75, 3.05) is 0 Å². The third kappa shape index (κ3) is 2.96. The minimum absolute atomic E-state index is 0.253. The molecule has 0 saturated carbocycles. The second-order valence-electron chi connectivity index (χ2n) is 5.28. The van der Waals surface area contributed by atoms with Gasteiger partial charge in [0, 0.05) is 10.6 Å². The lowest BCUT2D eigenvalue weighted by molar-refractivity contribution is 0.0683. The van der Waals surface area contributed by atoms with Crippen molar-refractivity contribution >= 4 is 17.6 Å². The molecule has 0 bridgehead atoms. The summed E-state index contributed by atoms with van der Waals surface area (Å²) in [6.45, 7) is 3.88. The van der Waals surface area contributed by atoms with Gasteiger partial charge in [0.25, 0.3) is 5.82 Å². The second-order valence-corrected chi connectivity index (χ2v) is 5.68. The molecule has 0 aliphatic rings. The molecule has 1 aromatic heterocycles. The van der Waals surface area contributed by atoms with E-state index >= 15 is 0 Å². The first-order chi connectivity index (χ1) is 11.0. The fourth-order valence-corrected chi connectivity index (χ4v) is 2.36. The molecule has 5 nitrogen and oxygen atoms in total. The maximum atomic E-state index is 11.2. The summed E-state index contributed by atoms with van der Waals surface area (Å²) in [6.07, 6.45) is 0. The Morgan fingerprint density at radius 3 is 2.43 bits per heavy atom. The minimum Gasteiger partial charge on any atom is -0.475 e. The van der Waals surface area contributed by atoms with Gasteiger partial charge in [0.15, 0.2) is 5.82 Å². The highest BCUT2D eigenvalue weighted by Crippen LogP contribution is 2.25. The van der Waals surface area contributed by atoms with E-state index in [1.165, 1.54) is 4.68 Å². The standard InChI is InChI=1S/C17H14ClN3O2/c1-10-3-6-12(7-4-10)16-19-15(17(22)23)20-21(16)13-8-5-11(2)14(18)9-13/h3-9H,1-2H3,(H,22,23). The molecule has 1 N–H and O–H groups in total. The number of benzene rings is 2. The van der Waals surface area contributed by atoms with Crippen LogP contribution in [-0.4, -0.2) is 25.8 Å². The zero-order valence-electron chi connectivity index (χ0n) is 12.6. The molecule has 3 aromatic rings. The summed E-state index contributed by atoms with van der Waals surface area (Å²) >= 11 is 6.17. The van der Waals surface area contributed by atoms with Crippen LogP contribution in [0.1, 0.15) is 21.7 Å². The van der Waals surface area contributed by atoms with Crippen LogP contribution in [0.15, 0.2) is 42.5 Å². The Morgan fingerprint density at radius 2 is 1.83 bits per heavy atom. The van der Waals surface area contributed by atoms with Gasteiger partial charge in [-0.25, -0.2) is 14.5 Å². The number of hydrogen-bond acceptors (Lipinski definition) is 3. The third-order valence-electron chi connectivity index (χ3n) is 3.51. The Morgan fingerprint density at radius 1 is 1.13 bits per heavy atom. The SMILES string of the molecule is Cc1ccc(-c2nc(C(=O)O)nn2-c2ccc(C)c(Cl)c2)cc1. The lowest BCUT2D eigenvalue weighted by atomic mass is 10.1. The zero-order valence-corrected chi connectivity index (χ0v) is 13.4. The van der Waals surface area contributed by atoms with E-state index < -0.39 is 5.97 Å². The highest BCUT2D eigenvalue weighted by atomic mass is 35.5. The molecule has 0 spiro atoms. The summed E-state index contributed by atoms with van der Waals surface area (Å²) in [5.41, 5.74) is 3.49. The summed E-state index contributed by atoms with van der Waals surface area (Å²) in [5, 5.41) is 13.9. The van der Waals surface area contributed by atoms with Crippen LogP contribution >= 0.6 is 11.6 Å². The van der Waals surface area contributed by atoms with Crippen molar-refractivity contribution in [1.82, 2.24) is 14.8 Å². The Labute approximate surface area is 138 Å². The largest absolute Gasteiger partial charge is 0.475 e. The highest BCUT2D eigenvalue weighted by Gasteiger charge is 2.18. The average molecular weight is 328 g/mol. The van der Waals surface area contributed by atoms with Crippen LogP contribution in [0.2, 0.25) is 5.02 Å². The number of carbonyl (C=O) groups is 1. The van der Waals surface area contributed by atoms with Gasteiger partial charge in [-0.15, -0.1) is 5.10 Å². The van der Waals surface area contributed by atoms with Gasteiger partial charge in [0.05, 0.1) is 5.69 Å². The number of rotatable bonds is 3. The van der Waals surface area contributed by atoms with Crippen molar-refractivity contribution < 1.29 is 9.90 Å². The summed E-state index contributed by atoms with van der Waals surface area (Å²) < 4.78 is 1.50. The molecule has 0 aliphatic carbocycles. The number of aromatic carboxylic acids is 1. The fourth-order valence-electron chi connectivity index (χ4n) is 2.19. The fraction of sp³-hybridized carbons (Fsp3) is 0.118. The van der Waals surface area contributed by atoms with E-state index in [1.54, 1.807) is 6.07 Å². The number of halogens is 1. The van der Waals surface area contributed by atoms with E-state index in [2.05, 4.69) is 10.1 Å². The van der Waals surface area contributed by atoms with Crippen LogP contribution in [-0.2, 0) is 0 Å². The highest BCUT2D eigenvalue weighted by molar-refractivity contribution is 6.31. The predicted octanol–water partition coefficient (Wildman–Crippen LogP) is 3.90. The molecular formula is C17H14ClN3O2. The molecule has 1 heterocycles. The Balaban J connectivity index is 2.20. The van der Waals surface area contributed by atoms with Crippen LogP contribution < -0.4 is 0 Å². The van der Waals surface area contributed by atoms with Crippen molar-refractivity contribution in [3.8, 4) is 17.1 Å². The molecule has 6 heteroatoms. The van der Waals surface area contributed by atoms with Gasteiger partial charge in [-0.2, -0.15) is 0 Å². The topological polar surface area (TPSA) is 68.0 Å². The number of carboxylic acids is 1. The average Bonchev–Trinajstić information content (AvgIpc) is 2.96. The van der Waals surface area contributed by atoms with Gasteiger partial charge >= 0.3 is 5.97 Å². The quantitative estimate of drug-likeness (QED) is 0.792. The van der Waals surface area contributed by atoms with Crippen LogP contribution in [0.4, 0.5) is 0 Å². The van der Waals surface area contributed by atoms with Crippen LogP contribution in [0.3, 0.4) is 0 Å². The van der Waals surface area contributed by atoms with Gasteiger partial charge in [0.1, 0.15) is 0 Å². The minimum atomic E-state index is -1.17. The maximum absolute atomic E-state index is 11.2. The molecule has 0 atom stereocenters. The first-order valence-electron chi connectivity index (χ1n) is 6.99. The van der Waals surface area contributed by atoms with Crippen molar-refractivity contribution in [2.24, 2.45) is 0 Å². The molecule has 0 aliphatic heterocycles. The Bertz CT molecular complexity index is 885. The lowest BCUT2D eigenvalue weighted by Crippen LogP contribution is -2.02. The molecule has 0 radical (unpaired) electrons. The number of aryl methyl sites for hydroxylation is 2. The van der Waals surface area contributed by atoms with Crippen molar-refractivity contribution in [2.45, 2.75) is 13.8 Å². The van der Waals surface area contributed by atoms with Gasteiger partial charge in [-0.1, -0.05) is 47.5 Å². The lowest BCUT2D eigenvalue weighted by Gasteiger charge is -2.08. The van der Waals surface area contributed by atoms with Gasteiger partial charge in [-0.05, 0) is 31.5 Å². The number of hydrogen-bond donors (Lipinski definition) is 1. The van der Waals surface area contributed by atoms with Crippen LogP contribution in [0.5, 0.6) is 0 Å². The van der Waals surface area contributed by atoms with E-state index in [0.717, 1.165) is 16.7 Å². The smallest absolute Gasteiger partial charge is 0.375 e. The van der Waals surface area contributed by atoms with Crippen molar-refractivity contribution in [3.63, 3.8) is 0 Å². The molecule has 0 amide bonds. The Hall–Kier alpha value is -2.66. The first kappa shape index (κ1) is 15.2. The summed E-state index contributed by atoms with van der Waals surface area (Å²) in [5.74, 6) is -0.963. The van der Waals surface area contributed by atoms with E-state index in [1.807, 2.05) is 50.2 Å². The summed E-state index contributed by atoms with van der Waals surface area (Å²) in [7, 11) is 0. The molecule has 116 valence electrons. The molecule has 2 aromatic carbocycles. The number of nitrogens with zero attached hydrogens (tertiary/aromatic N) is 3. The van der Waals surface area contributed by atoms with Crippen molar-refractivity contribution in [3.05, 3.63) is 64.4 Å². The predicted molar refractivity (Wildman–Crippen MR) is 88.2 cm³/mol. The van der Waals surface area contributed by atoms with Gasteiger partial charge < -0.3 is 5.11 Å². The molecule has 0 saturated heterocycles. The van der Waals surface area contributed by atoms with Crippen molar-refractivity contribution in [1.29, 1.82) is 0 Å². The Kier molecular flexibility index (Phi) is 3.88. The molecule has 3 rings (SSSR count).